The molecule has 2 rings (SSSR count). The lowest BCUT2D eigenvalue weighted by atomic mass is 10.0. The van der Waals surface area contributed by atoms with Gasteiger partial charge in [0.1, 0.15) is 5.82 Å². The first-order valence-corrected chi connectivity index (χ1v) is 6.03. The van der Waals surface area contributed by atoms with Gasteiger partial charge in [0.15, 0.2) is 0 Å². The molecule has 1 amide bonds. The lowest BCUT2D eigenvalue weighted by Crippen LogP contribution is -2.38. The Kier molecular flexibility index (Phi) is 3.77. The predicted molar refractivity (Wildman–Crippen MR) is 68.5 cm³/mol. The van der Waals surface area contributed by atoms with Crippen molar-refractivity contribution in [2.24, 2.45) is 0 Å². The summed E-state index contributed by atoms with van der Waals surface area (Å²) in [7, 11) is 0. The van der Waals surface area contributed by atoms with Crippen LogP contribution in [0.25, 0.3) is 0 Å². The van der Waals surface area contributed by atoms with Gasteiger partial charge in [-0.1, -0.05) is 12.1 Å². The second kappa shape index (κ2) is 5.31. The minimum absolute atomic E-state index is 0.0803. The largest absolute Gasteiger partial charge is 0.346 e. The molecule has 1 aromatic carbocycles. The molecular weight excluding hydrogens is 231 g/mol. The standard InChI is InChI=1S/C14H17FN2O/c1-9(12-7-16-8-12)14(18)17-10(2)11-4-3-5-13(15)6-11/h3-6,10,16H,7-8H2,1-2H3,(H,17,18). The van der Waals surface area contributed by atoms with Gasteiger partial charge in [0, 0.05) is 18.7 Å². The zero-order chi connectivity index (χ0) is 13.1. The van der Waals surface area contributed by atoms with Crippen LogP contribution in [-0.4, -0.2) is 19.0 Å². The van der Waals surface area contributed by atoms with Crippen molar-refractivity contribution in [2.75, 3.05) is 13.1 Å². The van der Waals surface area contributed by atoms with Crippen LogP contribution in [0.4, 0.5) is 4.39 Å². The summed E-state index contributed by atoms with van der Waals surface area (Å²) in [6.45, 7) is 5.24. The van der Waals surface area contributed by atoms with Crippen LogP contribution >= 0.6 is 0 Å². The fourth-order valence-electron chi connectivity index (χ4n) is 1.84. The normalized spacial score (nSPS) is 15.8. The molecule has 18 heavy (non-hydrogen) atoms. The van der Waals surface area contributed by atoms with Gasteiger partial charge in [-0.05, 0) is 37.1 Å². The zero-order valence-corrected chi connectivity index (χ0v) is 10.6. The minimum Gasteiger partial charge on any atom is -0.346 e. The van der Waals surface area contributed by atoms with Crippen LogP contribution in [0, 0.1) is 5.82 Å². The molecule has 0 spiro atoms. The maximum atomic E-state index is 13.1. The Hall–Kier alpha value is -1.68. The van der Waals surface area contributed by atoms with Gasteiger partial charge in [0.2, 0.25) is 5.91 Å². The fourth-order valence-corrected chi connectivity index (χ4v) is 1.84. The number of hydrogen-bond acceptors (Lipinski definition) is 2. The first kappa shape index (κ1) is 12.8. The summed E-state index contributed by atoms with van der Waals surface area (Å²) in [5.74, 6) is -0.366. The van der Waals surface area contributed by atoms with Crippen molar-refractivity contribution in [3.05, 3.63) is 46.8 Å². The summed E-state index contributed by atoms with van der Waals surface area (Å²) in [4.78, 5) is 12.0. The van der Waals surface area contributed by atoms with Crippen molar-refractivity contribution in [1.82, 2.24) is 10.6 Å². The molecule has 1 fully saturated rings. The van der Waals surface area contributed by atoms with Crippen LogP contribution in [-0.2, 0) is 4.79 Å². The summed E-state index contributed by atoms with van der Waals surface area (Å²) >= 11 is 0. The van der Waals surface area contributed by atoms with Crippen molar-refractivity contribution in [3.8, 4) is 0 Å². The Balaban J connectivity index is 2.03. The number of carbonyl (C=O) groups is 1. The van der Waals surface area contributed by atoms with E-state index < -0.39 is 0 Å². The van der Waals surface area contributed by atoms with Crippen molar-refractivity contribution < 1.29 is 9.18 Å². The summed E-state index contributed by atoms with van der Waals surface area (Å²) in [6, 6.07) is 6.09. The highest BCUT2D eigenvalue weighted by atomic mass is 19.1. The molecular formula is C14H17FN2O. The highest BCUT2D eigenvalue weighted by Gasteiger charge is 2.17. The van der Waals surface area contributed by atoms with E-state index in [1.54, 1.807) is 12.1 Å². The molecule has 0 saturated carbocycles. The molecule has 2 N–H and O–H groups in total. The molecule has 1 aliphatic rings. The van der Waals surface area contributed by atoms with Crippen LogP contribution < -0.4 is 10.6 Å². The molecule has 1 aromatic rings. The molecule has 0 bridgehead atoms. The Morgan fingerprint density at radius 1 is 1.44 bits per heavy atom. The average Bonchev–Trinajstić information content (AvgIpc) is 2.26. The van der Waals surface area contributed by atoms with E-state index in [2.05, 4.69) is 10.6 Å². The predicted octanol–water partition coefficient (Wildman–Crippen LogP) is 1.92. The van der Waals surface area contributed by atoms with E-state index in [1.807, 2.05) is 13.8 Å². The van der Waals surface area contributed by atoms with Crippen LogP contribution in [0.2, 0.25) is 0 Å². The lowest BCUT2D eigenvalue weighted by molar-refractivity contribution is -0.118. The molecule has 0 aliphatic carbocycles. The SMILES string of the molecule is CC(C(=O)NC(C)c1cccc(F)c1)=C1CNC1. The smallest absolute Gasteiger partial charge is 0.247 e. The number of amides is 1. The minimum atomic E-state index is -0.285. The highest BCUT2D eigenvalue weighted by Crippen LogP contribution is 2.15. The van der Waals surface area contributed by atoms with Crippen LogP contribution in [0.3, 0.4) is 0 Å². The third-order valence-electron chi connectivity index (χ3n) is 3.24. The summed E-state index contributed by atoms with van der Waals surface area (Å²) < 4.78 is 13.1. The van der Waals surface area contributed by atoms with Gasteiger partial charge in [0.05, 0.1) is 6.04 Å². The van der Waals surface area contributed by atoms with Gasteiger partial charge in [0.25, 0.3) is 0 Å². The number of hydrogen-bond donors (Lipinski definition) is 2. The molecule has 4 heteroatoms. The maximum absolute atomic E-state index is 13.1. The Bertz CT molecular complexity index is 490. The lowest BCUT2D eigenvalue weighted by Gasteiger charge is -2.22. The van der Waals surface area contributed by atoms with Crippen LogP contribution in [0.15, 0.2) is 35.4 Å². The van der Waals surface area contributed by atoms with Crippen molar-refractivity contribution in [2.45, 2.75) is 19.9 Å². The van der Waals surface area contributed by atoms with Gasteiger partial charge in [-0.25, -0.2) is 4.39 Å². The van der Waals surface area contributed by atoms with E-state index in [0.717, 1.165) is 29.8 Å². The molecule has 1 atom stereocenters. The van der Waals surface area contributed by atoms with Gasteiger partial charge in [-0.2, -0.15) is 0 Å². The van der Waals surface area contributed by atoms with Crippen molar-refractivity contribution in [1.29, 1.82) is 0 Å². The zero-order valence-electron chi connectivity index (χ0n) is 10.6. The molecule has 3 nitrogen and oxygen atoms in total. The third-order valence-corrected chi connectivity index (χ3v) is 3.24. The number of benzene rings is 1. The third kappa shape index (κ3) is 2.76. The van der Waals surface area contributed by atoms with E-state index in [9.17, 15) is 9.18 Å². The quantitative estimate of drug-likeness (QED) is 0.802. The number of nitrogens with one attached hydrogen (secondary N) is 2. The molecule has 1 aliphatic heterocycles. The van der Waals surface area contributed by atoms with Gasteiger partial charge in [-0.3, -0.25) is 4.79 Å². The molecule has 0 aromatic heterocycles. The first-order chi connectivity index (χ1) is 8.58. The Morgan fingerprint density at radius 2 is 2.17 bits per heavy atom. The van der Waals surface area contributed by atoms with E-state index in [0.29, 0.717) is 0 Å². The monoisotopic (exact) mass is 248 g/mol. The Morgan fingerprint density at radius 3 is 2.72 bits per heavy atom. The summed E-state index contributed by atoms with van der Waals surface area (Å²) in [6.07, 6.45) is 0. The van der Waals surface area contributed by atoms with E-state index in [4.69, 9.17) is 0 Å². The second-order valence-corrected chi connectivity index (χ2v) is 4.58. The van der Waals surface area contributed by atoms with Gasteiger partial charge >= 0.3 is 0 Å². The van der Waals surface area contributed by atoms with Gasteiger partial charge in [-0.15, -0.1) is 0 Å². The number of carbonyl (C=O) groups excluding carboxylic acids is 1. The van der Waals surface area contributed by atoms with Crippen molar-refractivity contribution >= 4 is 5.91 Å². The molecule has 1 unspecified atom stereocenters. The maximum Gasteiger partial charge on any atom is 0.247 e. The highest BCUT2D eigenvalue weighted by molar-refractivity contribution is 5.94. The topological polar surface area (TPSA) is 41.1 Å². The summed E-state index contributed by atoms with van der Waals surface area (Å²) in [5.41, 5.74) is 2.67. The fraction of sp³-hybridized carbons (Fsp3) is 0.357. The van der Waals surface area contributed by atoms with E-state index >= 15 is 0 Å². The number of rotatable bonds is 3. The number of halogens is 1. The summed E-state index contributed by atoms with van der Waals surface area (Å²) in [5, 5.41) is 5.98. The Labute approximate surface area is 106 Å². The van der Waals surface area contributed by atoms with Crippen molar-refractivity contribution in [3.63, 3.8) is 0 Å². The first-order valence-electron chi connectivity index (χ1n) is 6.03. The van der Waals surface area contributed by atoms with Crippen LogP contribution in [0.1, 0.15) is 25.5 Å². The molecule has 0 radical (unpaired) electrons. The van der Waals surface area contributed by atoms with Crippen LogP contribution in [0.5, 0.6) is 0 Å². The second-order valence-electron chi connectivity index (χ2n) is 4.58. The van der Waals surface area contributed by atoms with E-state index in [-0.39, 0.29) is 17.8 Å². The molecule has 1 heterocycles. The molecule has 1 saturated heterocycles. The van der Waals surface area contributed by atoms with E-state index in [1.165, 1.54) is 12.1 Å². The molecule has 96 valence electrons. The van der Waals surface area contributed by atoms with Gasteiger partial charge < -0.3 is 10.6 Å². The average molecular weight is 248 g/mol.